The number of rotatable bonds is 5. The summed E-state index contributed by atoms with van der Waals surface area (Å²) in [5, 5.41) is 8.69. The molecule has 0 heterocycles. The number of likely N-dealkylation sites (N-methyl/N-ethyl adjacent to an activating group) is 1. The summed E-state index contributed by atoms with van der Waals surface area (Å²) in [6.07, 6.45) is 0. The Bertz CT molecular complexity index is 217. The maximum absolute atomic E-state index is 11.6. The molecule has 0 saturated heterocycles. The smallest absolute Gasteiger partial charge is 0.326 e. The molecule has 0 aliphatic rings. The van der Waals surface area contributed by atoms with Gasteiger partial charge >= 0.3 is 5.97 Å². The Kier molecular flexibility index (Phi) is 5.15. The molecule has 0 radical (unpaired) electrons. The Hall–Kier alpha value is -1.10. The fourth-order valence-corrected chi connectivity index (χ4v) is 1.03. The Morgan fingerprint density at radius 2 is 1.93 bits per heavy atom. The van der Waals surface area contributed by atoms with Crippen LogP contribution in [0.3, 0.4) is 0 Å². The molecule has 1 amide bonds. The summed E-state index contributed by atoms with van der Waals surface area (Å²) in [5.74, 6) is -1.54. The standard InChI is InChI=1S/C9H17NO4/c1-6(5-14-4)8(11)10(3)7(2)9(12)13/h6-7H,5H2,1-4H3,(H,12,13). The second kappa shape index (κ2) is 5.59. The molecule has 0 aliphatic carbocycles. The molecule has 2 atom stereocenters. The van der Waals surface area contributed by atoms with Crippen LogP contribution < -0.4 is 0 Å². The van der Waals surface area contributed by atoms with Crippen molar-refractivity contribution in [1.82, 2.24) is 4.90 Å². The van der Waals surface area contributed by atoms with Gasteiger partial charge in [0.2, 0.25) is 5.91 Å². The molecule has 82 valence electrons. The number of carbonyl (C=O) groups excluding carboxylic acids is 1. The summed E-state index contributed by atoms with van der Waals surface area (Å²) >= 11 is 0. The van der Waals surface area contributed by atoms with Gasteiger partial charge in [0.05, 0.1) is 12.5 Å². The van der Waals surface area contributed by atoms with Crippen molar-refractivity contribution in [1.29, 1.82) is 0 Å². The van der Waals surface area contributed by atoms with Crippen molar-refractivity contribution >= 4 is 11.9 Å². The second-order valence-corrected chi connectivity index (χ2v) is 3.32. The third-order valence-corrected chi connectivity index (χ3v) is 2.12. The van der Waals surface area contributed by atoms with Crippen molar-refractivity contribution in [2.24, 2.45) is 5.92 Å². The third-order valence-electron chi connectivity index (χ3n) is 2.12. The van der Waals surface area contributed by atoms with Crippen LogP contribution in [0.15, 0.2) is 0 Å². The first-order valence-corrected chi connectivity index (χ1v) is 4.40. The van der Waals surface area contributed by atoms with E-state index in [0.29, 0.717) is 6.61 Å². The highest BCUT2D eigenvalue weighted by Gasteiger charge is 2.25. The highest BCUT2D eigenvalue weighted by molar-refractivity contribution is 5.84. The SMILES string of the molecule is COCC(C)C(=O)N(C)C(C)C(=O)O. The largest absolute Gasteiger partial charge is 0.480 e. The van der Waals surface area contributed by atoms with Crippen molar-refractivity contribution in [3.63, 3.8) is 0 Å². The van der Waals surface area contributed by atoms with Crippen molar-refractivity contribution < 1.29 is 19.4 Å². The number of nitrogens with zero attached hydrogens (tertiary/aromatic N) is 1. The van der Waals surface area contributed by atoms with Gasteiger partial charge in [-0.3, -0.25) is 4.79 Å². The Balaban J connectivity index is 4.30. The Labute approximate surface area is 83.6 Å². The molecule has 0 aromatic carbocycles. The van der Waals surface area contributed by atoms with Gasteiger partial charge in [0.15, 0.2) is 0 Å². The number of aliphatic carboxylic acids is 1. The molecular formula is C9H17NO4. The lowest BCUT2D eigenvalue weighted by Gasteiger charge is -2.24. The molecule has 5 nitrogen and oxygen atoms in total. The fraction of sp³-hybridized carbons (Fsp3) is 0.778. The topological polar surface area (TPSA) is 66.8 Å². The number of carboxylic acids is 1. The average molecular weight is 203 g/mol. The predicted octanol–water partition coefficient (Wildman–Crippen LogP) is 0.200. The molecule has 2 unspecified atom stereocenters. The van der Waals surface area contributed by atoms with Crippen molar-refractivity contribution in [3.05, 3.63) is 0 Å². The van der Waals surface area contributed by atoms with Crippen LogP contribution in [0.25, 0.3) is 0 Å². The van der Waals surface area contributed by atoms with Gasteiger partial charge in [-0.2, -0.15) is 0 Å². The minimum atomic E-state index is -1.01. The molecule has 1 N–H and O–H groups in total. The first-order valence-electron chi connectivity index (χ1n) is 4.40. The molecule has 0 aromatic rings. The van der Waals surface area contributed by atoms with E-state index in [2.05, 4.69) is 0 Å². The lowest BCUT2D eigenvalue weighted by atomic mass is 10.1. The summed E-state index contributed by atoms with van der Waals surface area (Å²) < 4.78 is 4.82. The van der Waals surface area contributed by atoms with Crippen LogP contribution in [0.2, 0.25) is 0 Å². The minimum absolute atomic E-state index is 0.221. The zero-order valence-corrected chi connectivity index (χ0v) is 8.98. The van der Waals surface area contributed by atoms with E-state index in [4.69, 9.17) is 9.84 Å². The number of carboxylic acid groups (broad SMARTS) is 1. The molecule has 0 aliphatic heterocycles. The van der Waals surface area contributed by atoms with E-state index in [1.165, 1.54) is 26.0 Å². The van der Waals surface area contributed by atoms with E-state index in [0.717, 1.165) is 0 Å². The van der Waals surface area contributed by atoms with E-state index in [-0.39, 0.29) is 11.8 Å². The van der Waals surface area contributed by atoms with Crippen LogP contribution in [-0.2, 0) is 14.3 Å². The van der Waals surface area contributed by atoms with Crippen molar-refractivity contribution in [3.8, 4) is 0 Å². The highest BCUT2D eigenvalue weighted by atomic mass is 16.5. The summed E-state index contributed by atoms with van der Waals surface area (Å²) in [7, 11) is 2.98. The molecule has 5 heteroatoms. The average Bonchev–Trinajstić information content (AvgIpc) is 2.14. The Morgan fingerprint density at radius 1 is 1.43 bits per heavy atom. The summed E-state index contributed by atoms with van der Waals surface area (Å²) in [5.41, 5.74) is 0. The summed E-state index contributed by atoms with van der Waals surface area (Å²) in [4.78, 5) is 23.4. The molecule has 0 aromatic heterocycles. The lowest BCUT2D eigenvalue weighted by molar-refractivity contribution is -0.150. The van der Waals surface area contributed by atoms with Crippen LogP contribution in [-0.4, -0.2) is 48.7 Å². The predicted molar refractivity (Wildman–Crippen MR) is 50.9 cm³/mol. The summed E-state index contributed by atoms with van der Waals surface area (Å²) in [6, 6.07) is -0.804. The van der Waals surface area contributed by atoms with Crippen LogP contribution in [0.1, 0.15) is 13.8 Å². The number of amides is 1. The van der Waals surface area contributed by atoms with Gasteiger partial charge in [-0.25, -0.2) is 4.79 Å². The van der Waals surface area contributed by atoms with Gasteiger partial charge in [0, 0.05) is 14.2 Å². The van der Waals surface area contributed by atoms with E-state index >= 15 is 0 Å². The van der Waals surface area contributed by atoms with Gasteiger partial charge < -0.3 is 14.7 Å². The van der Waals surface area contributed by atoms with Crippen LogP contribution in [0.5, 0.6) is 0 Å². The van der Waals surface area contributed by atoms with Crippen LogP contribution in [0.4, 0.5) is 0 Å². The highest BCUT2D eigenvalue weighted by Crippen LogP contribution is 2.05. The molecule has 14 heavy (non-hydrogen) atoms. The zero-order chi connectivity index (χ0) is 11.3. The Morgan fingerprint density at radius 3 is 2.29 bits per heavy atom. The van der Waals surface area contributed by atoms with E-state index in [1.807, 2.05) is 0 Å². The first-order chi connectivity index (χ1) is 6.41. The summed E-state index contributed by atoms with van der Waals surface area (Å²) in [6.45, 7) is 3.48. The van der Waals surface area contributed by atoms with Gasteiger partial charge in [0.1, 0.15) is 6.04 Å². The van der Waals surface area contributed by atoms with Crippen LogP contribution in [0, 0.1) is 5.92 Å². The van der Waals surface area contributed by atoms with Crippen molar-refractivity contribution in [2.45, 2.75) is 19.9 Å². The van der Waals surface area contributed by atoms with E-state index in [9.17, 15) is 9.59 Å². The quantitative estimate of drug-likeness (QED) is 0.693. The van der Waals surface area contributed by atoms with Crippen LogP contribution >= 0.6 is 0 Å². The third kappa shape index (κ3) is 3.33. The molecule has 0 saturated carbocycles. The number of hydrogen-bond donors (Lipinski definition) is 1. The fourth-order valence-electron chi connectivity index (χ4n) is 1.03. The monoisotopic (exact) mass is 203 g/mol. The number of ether oxygens (including phenoxy) is 1. The van der Waals surface area contributed by atoms with Gasteiger partial charge in [-0.15, -0.1) is 0 Å². The molecule has 0 fully saturated rings. The molecule has 0 rings (SSSR count). The van der Waals surface area contributed by atoms with E-state index in [1.54, 1.807) is 6.92 Å². The molecular weight excluding hydrogens is 186 g/mol. The maximum Gasteiger partial charge on any atom is 0.326 e. The molecule has 0 bridgehead atoms. The maximum atomic E-state index is 11.6. The normalized spacial score (nSPS) is 14.6. The second-order valence-electron chi connectivity index (χ2n) is 3.32. The lowest BCUT2D eigenvalue weighted by Crippen LogP contribution is -2.43. The van der Waals surface area contributed by atoms with Gasteiger partial charge in [0.25, 0.3) is 0 Å². The zero-order valence-electron chi connectivity index (χ0n) is 8.98. The number of carbonyl (C=O) groups is 2. The van der Waals surface area contributed by atoms with Gasteiger partial charge in [-0.05, 0) is 6.92 Å². The van der Waals surface area contributed by atoms with Crippen molar-refractivity contribution in [2.75, 3.05) is 20.8 Å². The van der Waals surface area contributed by atoms with Gasteiger partial charge in [-0.1, -0.05) is 6.92 Å². The minimum Gasteiger partial charge on any atom is -0.480 e. The van der Waals surface area contributed by atoms with E-state index < -0.39 is 12.0 Å². The number of hydrogen-bond acceptors (Lipinski definition) is 3. The number of methoxy groups -OCH3 is 1. The first kappa shape index (κ1) is 12.9. The molecule has 0 spiro atoms.